The number of aliphatic hydroxyl groups excluding tert-OH is 3. The summed E-state index contributed by atoms with van der Waals surface area (Å²) >= 11 is 0. The van der Waals surface area contributed by atoms with Gasteiger partial charge in [0.2, 0.25) is 0 Å². The number of aromatic nitrogens is 3. The molecule has 1 saturated heterocycles. The van der Waals surface area contributed by atoms with E-state index in [0.29, 0.717) is 16.9 Å². The first kappa shape index (κ1) is 14.0. The molecular formula is C12H16N4O5. The van der Waals surface area contributed by atoms with Gasteiger partial charge >= 0.3 is 0 Å². The fourth-order valence-electron chi connectivity index (χ4n) is 2.52. The van der Waals surface area contributed by atoms with E-state index in [1.807, 2.05) is 0 Å². The third-order valence-electron chi connectivity index (χ3n) is 3.61. The zero-order valence-corrected chi connectivity index (χ0v) is 11.2. The second kappa shape index (κ2) is 5.11. The van der Waals surface area contributed by atoms with E-state index in [-0.39, 0.29) is 5.82 Å². The smallest absolute Gasteiger partial charge is 0.197 e. The lowest BCUT2D eigenvalue weighted by molar-refractivity contribution is -0.0533. The molecule has 0 aliphatic carbocycles. The van der Waals surface area contributed by atoms with Crippen molar-refractivity contribution in [1.82, 2.24) is 14.5 Å². The van der Waals surface area contributed by atoms with Crippen molar-refractivity contribution < 1.29 is 24.8 Å². The van der Waals surface area contributed by atoms with E-state index in [1.165, 1.54) is 18.0 Å². The van der Waals surface area contributed by atoms with Crippen LogP contribution in [0.2, 0.25) is 0 Å². The maximum Gasteiger partial charge on any atom is 0.197 e. The summed E-state index contributed by atoms with van der Waals surface area (Å²) in [6.07, 6.45) is -2.98. The van der Waals surface area contributed by atoms with Crippen LogP contribution in [0, 0.1) is 0 Å². The van der Waals surface area contributed by atoms with Gasteiger partial charge in [-0.2, -0.15) is 0 Å². The summed E-state index contributed by atoms with van der Waals surface area (Å²) in [4.78, 5) is 8.01. The number of hydrogen-bond donors (Lipinski definition) is 4. The van der Waals surface area contributed by atoms with Crippen LogP contribution < -0.4 is 10.5 Å². The molecule has 21 heavy (non-hydrogen) atoms. The number of hydrogen-bond acceptors (Lipinski definition) is 8. The summed E-state index contributed by atoms with van der Waals surface area (Å²) in [6.45, 7) is -0.409. The summed E-state index contributed by atoms with van der Waals surface area (Å²) in [7, 11) is 1.45. The van der Waals surface area contributed by atoms with E-state index in [4.69, 9.17) is 15.2 Å². The van der Waals surface area contributed by atoms with Crippen LogP contribution in [0.5, 0.6) is 5.88 Å². The maximum atomic E-state index is 10.1. The Balaban J connectivity index is 2.14. The molecule has 3 heterocycles. The van der Waals surface area contributed by atoms with Crippen molar-refractivity contribution in [2.45, 2.75) is 24.5 Å². The minimum atomic E-state index is -1.23. The number of ether oxygens (including phenoxy) is 2. The molecule has 2 aromatic rings. The van der Waals surface area contributed by atoms with E-state index >= 15 is 0 Å². The van der Waals surface area contributed by atoms with E-state index < -0.39 is 31.1 Å². The molecule has 0 radical (unpaired) electrons. The van der Waals surface area contributed by atoms with Crippen LogP contribution in [0.15, 0.2) is 12.4 Å². The molecule has 0 unspecified atom stereocenters. The number of anilines is 1. The van der Waals surface area contributed by atoms with Gasteiger partial charge in [0.05, 0.1) is 19.1 Å². The summed E-state index contributed by atoms with van der Waals surface area (Å²) in [6, 6.07) is 1.62. The Morgan fingerprint density at radius 3 is 2.76 bits per heavy atom. The Morgan fingerprint density at radius 2 is 2.14 bits per heavy atom. The predicted octanol–water partition coefficient (Wildman–Crippen LogP) is -1.37. The van der Waals surface area contributed by atoms with Gasteiger partial charge in [-0.1, -0.05) is 0 Å². The molecule has 3 rings (SSSR count). The lowest BCUT2D eigenvalue weighted by Gasteiger charge is -2.19. The lowest BCUT2D eigenvalue weighted by atomic mass is 10.1. The van der Waals surface area contributed by atoms with Crippen molar-refractivity contribution >= 4 is 16.9 Å². The standard InChI is InChI=1S/C12H16N4O5/c1-20-7-2-5-10(13)14-4-15-11(5)16(7)12-9(19)8(18)6(3-17)21-12/h2,4,6,8-9,12,17-19H,3H2,1H3,(H2,13,14,15)/t6-,8+,9-,12-/m1/s1. The first-order valence-corrected chi connectivity index (χ1v) is 6.36. The van der Waals surface area contributed by atoms with Crippen molar-refractivity contribution in [3.63, 3.8) is 0 Å². The molecule has 0 amide bonds. The maximum absolute atomic E-state index is 10.1. The van der Waals surface area contributed by atoms with E-state index in [0.717, 1.165) is 0 Å². The van der Waals surface area contributed by atoms with Gasteiger partial charge in [-0.25, -0.2) is 9.97 Å². The fraction of sp³-hybridized carbons (Fsp3) is 0.500. The van der Waals surface area contributed by atoms with Crippen LogP contribution in [0.4, 0.5) is 5.82 Å². The Kier molecular flexibility index (Phi) is 3.41. The molecule has 0 bridgehead atoms. The van der Waals surface area contributed by atoms with Crippen LogP contribution in [0.25, 0.3) is 11.0 Å². The first-order valence-electron chi connectivity index (χ1n) is 6.36. The van der Waals surface area contributed by atoms with Gasteiger partial charge in [0.15, 0.2) is 17.8 Å². The fourth-order valence-corrected chi connectivity index (χ4v) is 2.52. The second-order valence-electron chi connectivity index (χ2n) is 4.78. The number of aliphatic hydroxyl groups is 3. The Morgan fingerprint density at radius 1 is 1.38 bits per heavy atom. The quantitative estimate of drug-likeness (QED) is 0.545. The summed E-state index contributed by atoms with van der Waals surface area (Å²) in [5.74, 6) is 0.621. The van der Waals surface area contributed by atoms with Gasteiger partial charge in [0, 0.05) is 6.07 Å². The summed E-state index contributed by atoms with van der Waals surface area (Å²) in [5, 5.41) is 29.7. The molecule has 5 N–H and O–H groups in total. The molecule has 0 aromatic carbocycles. The molecule has 1 aliphatic rings. The van der Waals surface area contributed by atoms with Gasteiger partial charge in [0.25, 0.3) is 0 Å². The second-order valence-corrected chi connectivity index (χ2v) is 4.78. The first-order chi connectivity index (χ1) is 10.1. The zero-order chi connectivity index (χ0) is 15.1. The van der Waals surface area contributed by atoms with Crippen LogP contribution >= 0.6 is 0 Å². The van der Waals surface area contributed by atoms with E-state index in [9.17, 15) is 15.3 Å². The molecule has 9 nitrogen and oxygen atoms in total. The average Bonchev–Trinajstić information content (AvgIpc) is 2.99. The molecule has 0 saturated carbocycles. The molecule has 114 valence electrons. The molecule has 9 heteroatoms. The van der Waals surface area contributed by atoms with Crippen LogP contribution in [-0.2, 0) is 4.74 Å². The monoisotopic (exact) mass is 296 g/mol. The van der Waals surface area contributed by atoms with Crippen molar-refractivity contribution in [2.24, 2.45) is 0 Å². The van der Waals surface area contributed by atoms with Crippen LogP contribution in [-0.4, -0.2) is 61.9 Å². The molecule has 2 aromatic heterocycles. The third kappa shape index (κ3) is 2.02. The number of nitrogens with zero attached hydrogens (tertiary/aromatic N) is 3. The summed E-state index contributed by atoms with van der Waals surface area (Å²) in [5.41, 5.74) is 6.21. The number of rotatable bonds is 3. The van der Waals surface area contributed by atoms with Crippen molar-refractivity contribution in [1.29, 1.82) is 0 Å². The third-order valence-corrected chi connectivity index (χ3v) is 3.61. The summed E-state index contributed by atoms with van der Waals surface area (Å²) < 4.78 is 12.2. The predicted molar refractivity (Wildman–Crippen MR) is 71.5 cm³/mol. The highest BCUT2D eigenvalue weighted by Crippen LogP contribution is 2.37. The van der Waals surface area contributed by atoms with Crippen LogP contribution in [0.3, 0.4) is 0 Å². The van der Waals surface area contributed by atoms with Gasteiger partial charge < -0.3 is 30.5 Å². The largest absolute Gasteiger partial charge is 0.482 e. The van der Waals surface area contributed by atoms with Gasteiger partial charge in [-0.3, -0.25) is 4.57 Å². The Bertz CT molecular complexity index is 660. The molecule has 0 spiro atoms. The van der Waals surface area contributed by atoms with Gasteiger partial charge in [0.1, 0.15) is 30.5 Å². The molecular weight excluding hydrogens is 280 g/mol. The lowest BCUT2D eigenvalue weighted by Crippen LogP contribution is -2.33. The SMILES string of the molecule is COc1cc2c(N)ncnc2n1[C@@H]1O[C@H](CO)[C@H](O)[C@H]1O. The van der Waals surface area contributed by atoms with Gasteiger partial charge in [-0.05, 0) is 0 Å². The molecule has 4 atom stereocenters. The van der Waals surface area contributed by atoms with Gasteiger partial charge in [-0.15, -0.1) is 0 Å². The normalized spacial score (nSPS) is 29.1. The number of methoxy groups -OCH3 is 1. The van der Waals surface area contributed by atoms with Crippen molar-refractivity contribution in [2.75, 3.05) is 19.5 Å². The van der Waals surface area contributed by atoms with E-state index in [2.05, 4.69) is 9.97 Å². The number of nitrogen functional groups attached to an aromatic ring is 1. The molecule has 1 aliphatic heterocycles. The highest BCUT2D eigenvalue weighted by Gasteiger charge is 2.44. The average molecular weight is 296 g/mol. The highest BCUT2D eigenvalue weighted by molar-refractivity contribution is 5.88. The highest BCUT2D eigenvalue weighted by atomic mass is 16.6. The van der Waals surface area contributed by atoms with E-state index in [1.54, 1.807) is 6.07 Å². The number of nitrogens with two attached hydrogens (primary N) is 1. The Labute approximate surface area is 119 Å². The van der Waals surface area contributed by atoms with Crippen molar-refractivity contribution in [3.05, 3.63) is 12.4 Å². The minimum absolute atomic E-state index is 0.267. The zero-order valence-electron chi connectivity index (χ0n) is 11.2. The number of fused-ring (bicyclic) bond motifs is 1. The van der Waals surface area contributed by atoms with Crippen LogP contribution in [0.1, 0.15) is 6.23 Å². The molecule has 1 fully saturated rings. The minimum Gasteiger partial charge on any atom is -0.482 e. The van der Waals surface area contributed by atoms with Crippen molar-refractivity contribution in [3.8, 4) is 5.88 Å². The Hall–Kier alpha value is -1.94. The topological polar surface area (TPSA) is 136 Å².